The smallest absolute Gasteiger partial charge is 0.328 e. The summed E-state index contributed by atoms with van der Waals surface area (Å²) in [5.74, 6) is -0.107. The monoisotopic (exact) mass is 562 g/mol. The van der Waals surface area contributed by atoms with Gasteiger partial charge in [-0.1, -0.05) is 79.4 Å². The first kappa shape index (κ1) is 29.8. The summed E-state index contributed by atoms with van der Waals surface area (Å²) >= 11 is 0. The van der Waals surface area contributed by atoms with E-state index in [0.717, 1.165) is 11.3 Å². The zero-order valence-electron chi connectivity index (χ0n) is 23.8. The molecule has 1 amide bonds. The molecule has 1 N–H and O–H groups in total. The Morgan fingerprint density at radius 2 is 1.45 bits per heavy atom. The predicted molar refractivity (Wildman–Crippen MR) is 165 cm³/mol. The van der Waals surface area contributed by atoms with Crippen molar-refractivity contribution in [2.24, 2.45) is 0 Å². The van der Waals surface area contributed by atoms with E-state index in [1.165, 1.54) is 7.11 Å². The number of ketones is 1. The minimum Gasteiger partial charge on any atom is -0.492 e. The van der Waals surface area contributed by atoms with E-state index in [-0.39, 0.29) is 18.3 Å². The van der Waals surface area contributed by atoms with Gasteiger partial charge in [0.05, 0.1) is 13.7 Å². The van der Waals surface area contributed by atoms with Crippen LogP contribution in [0.2, 0.25) is 0 Å². The number of methoxy groups -OCH3 is 1. The molecule has 0 unspecified atom stereocenters. The topological polar surface area (TPSA) is 84.9 Å². The van der Waals surface area contributed by atoms with Crippen LogP contribution in [-0.2, 0) is 20.7 Å². The lowest BCUT2D eigenvalue weighted by Gasteiger charge is -2.23. The quantitative estimate of drug-likeness (QED) is 0.120. The Morgan fingerprint density at radius 3 is 2.10 bits per heavy atom. The molecule has 7 nitrogen and oxygen atoms in total. The minimum absolute atomic E-state index is 0.139. The van der Waals surface area contributed by atoms with E-state index in [4.69, 9.17) is 9.47 Å². The van der Waals surface area contributed by atoms with Gasteiger partial charge >= 0.3 is 5.97 Å². The number of anilines is 2. The number of hydrogen-bond acceptors (Lipinski definition) is 6. The molecule has 0 heterocycles. The summed E-state index contributed by atoms with van der Waals surface area (Å²) in [4.78, 5) is 40.2. The van der Waals surface area contributed by atoms with Gasteiger partial charge in [-0.3, -0.25) is 9.59 Å². The summed E-state index contributed by atoms with van der Waals surface area (Å²) < 4.78 is 11.0. The number of hydrogen-bond donors (Lipinski definition) is 1. The van der Waals surface area contributed by atoms with Crippen LogP contribution in [0.15, 0.2) is 121 Å². The van der Waals surface area contributed by atoms with Crippen molar-refractivity contribution in [3.8, 4) is 5.75 Å². The average Bonchev–Trinajstić information content (AvgIpc) is 3.03. The Morgan fingerprint density at radius 1 is 0.833 bits per heavy atom. The Bertz CT molecular complexity index is 1520. The standard InChI is InChI=1S/C35H34N2O5/c1-25(2)34(39)37(28-14-8-5-9-15-28)22-23-42-29-20-18-26(19-21-29)24-32(35(40)41-3)36-31-17-11-10-16-30(31)33(38)27-12-6-4-7-13-27/h4-21,32,36H,1,22-24H2,2-3H3/t32-/m0/s1. The number of ether oxygens (including phenoxy) is 2. The van der Waals surface area contributed by atoms with Gasteiger partial charge < -0.3 is 19.7 Å². The molecular weight excluding hydrogens is 528 g/mol. The summed E-state index contributed by atoms with van der Waals surface area (Å²) in [5.41, 5.74) is 3.68. The molecule has 0 aliphatic carbocycles. The molecule has 0 aliphatic heterocycles. The van der Waals surface area contributed by atoms with Gasteiger partial charge in [0.1, 0.15) is 18.4 Å². The molecule has 0 spiro atoms. The highest BCUT2D eigenvalue weighted by atomic mass is 16.5. The van der Waals surface area contributed by atoms with Gasteiger partial charge in [0.2, 0.25) is 0 Å². The number of carbonyl (C=O) groups is 3. The molecule has 1 atom stereocenters. The van der Waals surface area contributed by atoms with Crippen LogP contribution in [0.4, 0.5) is 11.4 Å². The second kappa shape index (κ2) is 14.5. The number of para-hydroxylation sites is 2. The molecule has 214 valence electrons. The van der Waals surface area contributed by atoms with Crippen molar-refractivity contribution in [1.82, 2.24) is 0 Å². The molecule has 0 aliphatic rings. The van der Waals surface area contributed by atoms with E-state index in [1.54, 1.807) is 42.2 Å². The third kappa shape index (κ3) is 7.73. The first-order chi connectivity index (χ1) is 20.4. The lowest BCUT2D eigenvalue weighted by atomic mass is 10.00. The third-order valence-electron chi connectivity index (χ3n) is 6.65. The molecule has 0 bridgehead atoms. The largest absolute Gasteiger partial charge is 0.492 e. The Labute approximate surface area is 246 Å². The second-order valence-corrected chi connectivity index (χ2v) is 9.73. The fourth-order valence-electron chi connectivity index (χ4n) is 4.47. The number of nitrogens with zero attached hydrogens (tertiary/aromatic N) is 1. The Balaban J connectivity index is 1.42. The summed E-state index contributed by atoms with van der Waals surface area (Å²) in [6.07, 6.45) is 0.329. The number of carbonyl (C=O) groups excluding carboxylic acids is 3. The third-order valence-corrected chi connectivity index (χ3v) is 6.65. The summed E-state index contributed by atoms with van der Waals surface area (Å²) in [6.45, 7) is 6.11. The summed E-state index contributed by atoms with van der Waals surface area (Å²) in [7, 11) is 1.34. The molecule has 42 heavy (non-hydrogen) atoms. The molecule has 0 fully saturated rings. The van der Waals surface area contributed by atoms with Crippen molar-refractivity contribution >= 4 is 29.0 Å². The van der Waals surface area contributed by atoms with E-state index < -0.39 is 12.0 Å². The highest BCUT2D eigenvalue weighted by molar-refractivity contribution is 6.12. The lowest BCUT2D eigenvalue weighted by molar-refractivity contribution is -0.141. The maximum absolute atomic E-state index is 13.2. The zero-order valence-corrected chi connectivity index (χ0v) is 23.8. The van der Waals surface area contributed by atoms with Crippen LogP contribution in [0.3, 0.4) is 0 Å². The van der Waals surface area contributed by atoms with E-state index in [2.05, 4.69) is 11.9 Å². The first-order valence-corrected chi connectivity index (χ1v) is 13.6. The maximum atomic E-state index is 13.2. The number of amides is 1. The van der Waals surface area contributed by atoms with Crippen LogP contribution < -0.4 is 15.0 Å². The molecular formula is C35H34N2O5. The van der Waals surface area contributed by atoms with Gasteiger partial charge in [-0.15, -0.1) is 0 Å². The highest BCUT2D eigenvalue weighted by Crippen LogP contribution is 2.22. The van der Waals surface area contributed by atoms with Crippen molar-refractivity contribution in [2.75, 3.05) is 30.5 Å². The summed E-state index contributed by atoms with van der Waals surface area (Å²) in [6, 6.07) is 32.2. The van der Waals surface area contributed by atoms with Gasteiger partial charge in [-0.05, 0) is 48.9 Å². The van der Waals surface area contributed by atoms with Crippen molar-refractivity contribution in [3.63, 3.8) is 0 Å². The van der Waals surface area contributed by atoms with Crippen molar-refractivity contribution in [3.05, 3.63) is 138 Å². The van der Waals surface area contributed by atoms with Crippen molar-refractivity contribution in [1.29, 1.82) is 0 Å². The van der Waals surface area contributed by atoms with Crippen LogP contribution >= 0.6 is 0 Å². The summed E-state index contributed by atoms with van der Waals surface area (Å²) in [5, 5.41) is 3.22. The minimum atomic E-state index is -0.723. The Hall–Kier alpha value is -5.17. The van der Waals surface area contributed by atoms with Crippen molar-refractivity contribution < 1.29 is 23.9 Å². The molecule has 0 saturated carbocycles. The van der Waals surface area contributed by atoms with Crippen LogP contribution in [0.5, 0.6) is 5.75 Å². The SMILES string of the molecule is C=C(C)C(=O)N(CCOc1ccc(C[C@H](Nc2ccccc2C(=O)c2ccccc2)C(=O)OC)cc1)c1ccccc1. The fraction of sp³-hybridized carbons (Fsp3) is 0.171. The van der Waals surface area contributed by atoms with Crippen LogP contribution in [0.25, 0.3) is 0 Å². The molecule has 4 rings (SSSR count). The highest BCUT2D eigenvalue weighted by Gasteiger charge is 2.23. The normalized spacial score (nSPS) is 11.2. The number of benzene rings is 4. The predicted octanol–water partition coefficient (Wildman–Crippen LogP) is 6.10. The lowest BCUT2D eigenvalue weighted by Crippen LogP contribution is -2.35. The molecule has 0 radical (unpaired) electrons. The molecule has 4 aromatic carbocycles. The molecule has 4 aromatic rings. The van der Waals surface area contributed by atoms with Crippen LogP contribution in [0.1, 0.15) is 28.4 Å². The molecule has 7 heteroatoms. The van der Waals surface area contributed by atoms with Crippen LogP contribution in [0, 0.1) is 0 Å². The number of nitrogens with one attached hydrogen (secondary N) is 1. The second-order valence-electron chi connectivity index (χ2n) is 9.73. The molecule has 0 saturated heterocycles. The number of esters is 1. The average molecular weight is 563 g/mol. The van der Waals surface area contributed by atoms with Gasteiger partial charge in [-0.25, -0.2) is 4.79 Å². The fourth-order valence-corrected chi connectivity index (χ4v) is 4.47. The van der Waals surface area contributed by atoms with Gasteiger partial charge in [-0.2, -0.15) is 0 Å². The van der Waals surface area contributed by atoms with Gasteiger partial charge in [0.15, 0.2) is 5.78 Å². The van der Waals surface area contributed by atoms with Crippen molar-refractivity contribution in [2.45, 2.75) is 19.4 Å². The van der Waals surface area contributed by atoms with E-state index in [1.807, 2.05) is 78.9 Å². The van der Waals surface area contributed by atoms with Gasteiger partial charge in [0.25, 0.3) is 5.91 Å². The Kier molecular flexibility index (Phi) is 10.3. The first-order valence-electron chi connectivity index (χ1n) is 13.6. The maximum Gasteiger partial charge on any atom is 0.328 e. The molecule has 0 aromatic heterocycles. The van der Waals surface area contributed by atoms with E-state index in [0.29, 0.717) is 41.1 Å². The van der Waals surface area contributed by atoms with E-state index in [9.17, 15) is 14.4 Å². The van der Waals surface area contributed by atoms with Gasteiger partial charge in [0, 0.05) is 34.5 Å². The number of rotatable bonds is 13. The van der Waals surface area contributed by atoms with E-state index >= 15 is 0 Å². The van der Waals surface area contributed by atoms with Crippen LogP contribution in [-0.4, -0.2) is 44.0 Å². The zero-order chi connectivity index (χ0) is 29.9.